The van der Waals surface area contributed by atoms with E-state index in [2.05, 4.69) is 16.4 Å². The third-order valence-corrected chi connectivity index (χ3v) is 3.39. The summed E-state index contributed by atoms with van der Waals surface area (Å²) in [7, 11) is 1.61. The molecule has 3 N–H and O–H groups in total. The molecule has 6 heteroatoms. The monoisotopic (exact) mass is 274 g/mol. The van der Waals surface area contributed by atoms with Gasteiger partial charge in [-0.3, -0.25) is 0 Å². The molecule has 1 aliphatic rings. The number of nitrogens with two attached hydrogens (primary N) is 1. The van der Waals surface area contributed by atoms with E-state index in [1.165, 1.54) is 11.8 Å². The summed E-state index contributed by atoms with van der Waals surface area (Å²) < 4.78 is 5.12. The Bertz CT molecular complexity index is 571. The van der Waals surface area contributed by atoms with Gasteiger partial charge in [-0.25, -0.2) is 4.99 Å². The maximum atomic E-state index is 9.22. The number of nitrogens with zero attached hydrogens (tertiary/aromatic N) is 2. The maximum absolute atomic E-state index is 9.22. The third kappa shape index (κ3) is 2.66. The van der Waals surface area contributed by atoms with Crippen molar-refractivity contribution in [3.8, 4) is 11.8 Å². The second kappa shape index (κ2) is 5.67. The minimum atomic E-state index is -0.361. The molecule has 98 valence electrons. The van der Waals surface area contributed by atoms with E-state index in [0.717, 1.165) is 11.3 Å². The Morgan fingerprint density at radius 1 is 1.42 bits per heavy atom. The number of methoxy groups -OCH3 is 1. The minimum Gasteiger partial charge on any atom is -0.497 e. The zero-order valence-electron chi connectivity index (χ0n) is 10.7. The van der Waals surface area contributed by atoms with E-state index in [4.69, 9.17) is 10.5 Å². The molecule has 0 aliphatic carbocycles. The van der Waals surface area contributed by atoms with Crippen molar-refractivity contribution in [2.75, 3.05) is 13.4 Å². The van der Waals surface area contributed by atoms with Crippen LogP contribution in [-0.4, -0.2) is 18.5 Å². The normalized spacial score (nSPS) is 18.4. The molecule has 0 aromatic heterocycles. The van der Waals surface area contributed by atoms with Gasteiger partial charge in [0.05, 0.1) is 12.7 Å². The number of nitrogens with one attached hydrogen (secondary N) is 1. The van der Waals surface area contributed by atoms with Gasteiger partial charge in [-0.1, -0.05) is 23.9 Å². The second-order valence-corrected chi connectivity index (χ2v) is 4.67. The van der Waals surface area contributed by atoms with Crippen LogP contribution in [0.5, 0.6) is 5.75 Å². The van der Waals surface area contributed by atoms with Gasteiger partial charge in [0.25, 0.3) is 0 Å². The van der Waals surface area contributed by atoms with Crippen LogP contribution in [0.4, 0.5) is 0 Å². The molecule has 0 radical (unpaired) electrons. The van der Waals surface area contributed by atoms with E-state index in [0.29, 0.717) is 16.6 Å². The van der Waals surface area contributed by atoms with Crippen LogP contribution in [-0.2, 0) is 0 Å². The number of benzene rings is 1. The summed E-state index contributed by atoms with van der Waals surface area (Å²) in [4.78, 5) is 4.50. The first-order valence-corrected chi connectivity index (χ1v) is 6.84. The van der Waals surface area contributed by atoms with Crippen LogP contribution in [0.15, 0.2) is 40.7 Å². The van der Waals surface area contributed by atoms with Crippen molar-refractivity contribution in [3.05, 3.63) is 41.2 Å². The molecule has 2 rings (SSSR count). The second-order valence-electron chi connectivity index (χ2n) is 3.88. The molecule has 19 heavy (non-hydrogen) atoms. The van der Waals surface area contributed by atoms with Crippen LogP contribution in [0.2, 0.25) is 0 Å². The highest BCUT2D eigenvalue weighted by molar-refractivity contribution is 8.13. The summed E-state index contributed by atoms with van der Waals surface area (Å²) in [5.74, 6) is 1.13. The highest BCUT2D eigenvalue weighted by atomic mass is 32.2. The van der Waals surface area contributed by atoms with E-state index < -0.39 is 0 Å². The van der Waals surface area contributed by atoms with Crippen molar-refractivity contribution >= 4 is 16.9 Å². The van der Waals surface area contributed by atoms with Crippen molar-refractivity contribution in [2.45, 2.75) is 6.04 Å². The predicted octanol–water partition coefficient (Wildman–Crippen LogP) is 1.75. The largest absolute Gasteiger partial charge is 0.497 e. The molecule has 0 saturated carbocycles. The summed E-state index contributed by atoms with van der Waals surface area (Å²) in [5.41, 5.74) is 7.21. The Kier molecular flexibility index (Phi) is 3.97. The van der Waals surface area contributed by atoms with Gasteiger partial charge in [-0.2, -0.15) is 5.26 Å². The van der Waals surface area contributed by atoms with E-state index >= 15 is 0 Å². The molecular formula is C13H14N4OS. The summed E-state index contributed by atoms with van der Waals surface area (Å²) in [6.07, 6.45) is 1.90. The lowest BCUT2D eigenvalue weighted by molar-refractivity contribution is 0.414. The fraction of sp³-hybridized carbons (Fsp3) is 0.231. The average molecular weight is 274 g/mol. The number of rotatable bonds is 2. The van der Waals surface area contributed by atoms with Crippen molar-refractivity contribution in [3.63, 3.8) is 0 Å². The van der Waals surface area contributed by atoms with Gasteiger partial charge in [0.15, 0.2) is 5.17 Å². The minimum absolute atomic E-state index is 0.361. The van der Waals surface area contributed by atoms with Gasteiger partial charge in [-0.05, 0) is 24.0 Å². The molecule has 1 heterocycles. The number of aliphatic imine (C=N–C) groups is 1. The van der Waals surface area contributed by atoms with Crippen molar-refractivity contribution in [1.82, 2.24) is 5.32 Å². The maximum Gasteiger partial charge on any atom is 0.162 e. The summed E-state index contributed by atoms with van der Waals surface area (Å²) in [6, 6.07) is 9.23. The number of thioether (sulfide) groups is 1. The number of nitriles is 1. The Balaban J connectivity index is 2.41. The molecule has 1 atom stereocenters. The van der Waals surface area contributed by atoms with Crippen LogP contribution in [0, 0.1) is 11.3 Å². The molecule has 0 saturated heterocycles. The smallest absolute Gasteiger partial charge is 0.162 e. The zero-order chi connectivity index (χ0) is 13.8. The van der Waals surface area contributed by atoms with Gasteiger partial charge in [0.1, 0.15) is 23.7 Å². The highest BCUT2D eigenvalue weighted by Crippen LogP contribution is 2.30. The van der Waals surface area contributed by atoms with E-state index in [1.54, 1.807) is 7.11 Å². The first-order valence-electron chi connectivity index (χ1n) is 5.62. The quantitative estimate of drug-likeness (QED) is 0.858. The molecule has 1 aromatic rings. The molecule has 0 fully saturated rings. The summed E-state index contributed by atoms with van der Waals surface area (Å²) in [6.45, 7) is 0. The number of ether oxygens (including phenoxy) is 1. The summed E-state index contributed by atoms with van der Waals surface area (Å²) in [5, 5.41) is 12.8. The van der Waals surface area contributed by atoms with E-state index in [-0.39, 0.29) is 6.04 Å². The van der Waals surface area contributed by atoms with Crippen molar-refractivity contribution < 1.29 is 4.74 Å². The van der Waals surface area contributed by atoms with E-state index in [9.17, 15) is 5.26 Å². The molecule has 5 nitrogen and oxygen atoms in total. The number of hydrogen-bond acceptors (Lipinski definition) is 6. The fourth-order valence-electron chi connectivity index (χ4n) is 1.80. The van der Waals surface area contributed by atoms with E-state index in [1.807, 2.05) is 30.5 Å². The van der Waals surface area contributed by atoms with Gasteiger partial charge in [0, 0.05) is 0 Å². The van der Waals surface area contributed by atoms with Gasteiger partial charge >= 0.3 is 0 Å². The predicted molar refractivity (Wildman–Crippen MR) is 76.6 cm³/mol. The van der Waals surface area contributed by atoms with Crippen molar-refractivity contribution in [1.29, 1.82) is 5.26 Å². The molecule has 1 aliphatic heterocycles. The standard InChI is InChI=1S/C13H14N4OS/c1-18-9-5-3-8(4-6-9)11-10(7-14)12(15)17-13(16-11)19-2/h3-6,11H,15H2,1-2H3,(H,16,17). The van der Waals surface area contributed by atoms with Crippen molar-refractivity contribution in [2.24, 2.45) is 10.7 Å². The average Bonchev–Trinajstić information content (AvgIpc) is 2.46. The molecule has 1 aromatic carbocycles. The topological polar surface area (TPSA) is 83.4 Å². The van der Waals surface area contributed by atoms with Crippen LogP contribution >= 0.6 is 11.8 Å². The Labute approximate surface area is 116 Å². The zero-order valence-corrected chi connectivity index (χ0v) is 11.5. The lowest BCUT2D eigenvalue weighted by atomic mass is 9.99. The Morgan fingerprint density at radius 3 is 2.63 bits per heavy atom. The molecule has 0 amide bonds. The molecular weight excluding hydrogens is 260 g/mol. The SMILES string of the molecule is COc1ccc(C2N=C(SC)NC(N)=C2C#N)cc1. The number of hydrogen-bond donors (Lipinski definition) is 2. The Morgan fingerprint density at radius 2 is 2.11 bits per heavy atom. The Hall–Kier alpha value is -2.13. The molecule has 0 spiro atoms. The fourth-order valence-corrected chi connectivity index (χ4v) is 2.22. The first-order chi connectivity index (χ1) is 9.19. The summed E-state index contributed by atoms with van der Waals surface area (Å²) >= 11 is 1.46. The lowest BCUT2D eigenvalue weighted by Gasteiger charge is -2.22. The van der Waals surface area contributed by atoms with Crippen LogP contribution in [0.3, 0.4) is 0 Å². The first kappa shape index (κ1) is 13.3. The third-order valence-electron chi connectivity index (χ3n) is 2.80. The van der Waals surface area contributed by atoms with Crippen LogP contribution in [0.25, 0.3) is 0 Å². The molecule has 0 bridgehead atoms. The van der Waals surface area contributed by atoms with Gasteiger partial charge in [0.2, 0.25) is 0 Å². The van der Waals surface area contributed by atoms with Gasteiger partial charge in [-0.15, -0.1) is 0 Å². The van der Waals surface area contributed by atoms with Gasteiger partial charge < -0.3 is 15.8 Å². The lowest BCUT2D eigenvalue weighted by Crippen LogP contribution is -2.32. The molecule has 1 unspecified atom stereocenters. The van der Waals surface area contributed by atoms with Crippen LogP contribution < -0.4 is 15.8 Å². The van der Waals surface area contributed by atoms with Crippen LogP contribution in [0.1, 0.15) is 11.6 Å². The number of amidine groups is 1. The highest BCUT2D eigenvalue weighted by Gasteiger charge is 2.24.